The van der Waals surface area contributed by atoms with Crippen molar-refractivity contribution in [2.24, 2.45) is 0 Å². The quantitative estimate of drug-likeness (QED) is 0.168. The summed E-state index contributed by atoms with van der Waals surface area (Å²) < 4.78 is 11.6. The maximum Gasteiger partial charge on any atom is 0.413 e. The van der Waals surface area contributed by atoms with Crippen LogP contribution >= 0.6 is 34.8 Å². The SMILES string of the molecule is O=C(N[C@H](Cc1ccc(Cl)cc1Cl)C(=O)N1CCC(c2ccc(Cl)cc2OCCN2CCCC2)CC1)Oc1ccc([N+](=O)[O-])cc1. The summed E-state index contributed by atoms with van der Waals surface area (Å²) in [5.74, 6) is 0.777. The number of nitro groups is 1. The van der Waals surface area contributed by atoms with Crippen molar-refractivity contribution in [1.29, 1.82) is 0 Å². The van der Waals surface area contributed by atoms with Gasteiger partial charge in [0.2, 0.25) is 5.91 Å². The van der Waals surface area contributed by atoms with E-state index in [1.807, 2.05) is 18.2 Å². The summed E-state index contributed by atoms with van der Waals surface area (Å²) in [7, 11) is 0. The van der Waals surface area contributed by atoms with Crippen LogP contribution in [0.1, 0.15) is 42.7 Å². The van der Waals surface area contributed by atoms with Gasteiger partial charge in [0.25, 0.3) is 5.69 Å². The van der Waals surface area contributed by atoms with Gasteiger partial charge in [-0.05, 0) is 92.2 Å². The van der Waals surface area contributed by atoms with E-state index in [4.69, 9.17) is 44.3 Å². The Kier molecular flexibility index (Phi) is 11.6. The third-order valence-corrected chi connectivity index (χ3v) is 9.20. The molecule has 0 radical (unpaired) electrons. The molecule has 0 bridgehead atoms. The van der Waals surface area contributed by atoms with Gasteiger partial charge in [-0.1, -0.05) is 46.9 Å². The van der Waals surface area contributed by atoms with Crippen molar-refractivity contribution in [1.82, 2.24) is 15.1 Å². The van der Waals surface area contributed by atoms with Crippen molar-refractivity contribution < 1.29 is 24.0 Å². The number of benzene rings is 3. The molecule has 2 saturated heterocycles. The molecule has 5 rings (SSSR count). The summed E-state index contributed by atoms with van der Waals surface area (Å²) in [5, 5.41) is 15.1. The molecular formula is C33H35Cl3N4O6. The van der Waals surface area contributed by atoms with Crippen LogP contribution < -0.4 is 14.8 Å². The van der Waals surface area contributed by atoms with Crippen molar-refractivity contribution in [3.63, 3.8) is 0 Å². The maximum absolute atomic E-state index is 13.9. The monoisotopic (exact) mass is 688 g/mol. The first-order valence-corrected chi connectivity index (χ1v) is 16.4. The molecule has 244 valence electrons. The van der Waals surface area contributed by atoms with Crippen molar-refractivity contribution >= 4 is 52.5 Å². The second-order valence-corrected chi connectivity index (χ2v) is 12.7. The normalized spacial score (nSPS) is 16.2. The summed E-state index contributed by atoms with van der Waals surface area (Å²) in [6.45, 7) is 4.62. The summed E-state index contributed by atoms with van der Waals surface area (Å²) in [6.07, 6.45) is 3.10. The first-order valence-electron chi connectivity index (χ1n) is 15.3. The van der Waals surface area contributed by atoms with Gasteiger partial charge >= 0.3 is 6.09 Å². The van der Waals surface area contributed by atoms with Crippen molar-refractivity contribution in [2.45, 2.75) is 44.1 Å². The number of halogens is 3. The zero-order valence-corrected chi connectivity index (χ0v) is 27.4. The number of carbonyl (C=O) groups excluding carboxylic acids is 2. The lowest BCUT2D eigenvalue weighted by atomic mass is 9.88. The molecule has 3 aromatic carbocycles. The Hall–Kier alpha value is -3.57. The molecule has 2 aliphatic heterocycles. The number of amides is 2. The highest BCUT2D eigenvalue weighted by Gasteiger charge is 2.32. The van der Waals surface area contributed by atoms with Crippen molar-refractivity contribution in [3.8, 4) is 11.5 Å². The number of rotatable bonds is 11. The van der Waals surface area contributed by atoms with Crippen LogP contribution in [0.25, 0.3) is 0 Å². The molecule has 2 aliphatic rings. The van der Waals surface area contributed by atoms with Crippen LogP contribution in [0.4, 0.5) is 10.5 Å². The lowest BCUT2D eigenvalue weighted by Gasteiger charge is -2.35. The second-order valence-electron chi connectivity index (χ2n) is 11.5. The number of nitrogens with one attached hydrogen (secondary N) is 1. The Morgan fingerprint density at radius 3 is 2.28 bits per heavy atom. The van der Waals surface area contributed by atoms with Gasteiger partial charge < -0.3 is 19.7 Å². The van der Waals surface area contributed by atoms with Gasteiger partial charge in [-0.3, -0.25) is 19.8 Å². The number of hydrogen-bond acceptors (Lipinski definition) is 7. The van der Waals surface area contributed by atoms with Crippen LogP contribution in [-0.2, 0) is 11.2 Å². The second kappa shape index (κ2) is 15.8. The molecule has 1 N–H and O–H groups in total. The Bertz CT molecular complexity index is 1540. The summed E-state index contributed by atoms with van der Waals surface area (Å²) in [4.78, 5) is 41.3. The third kappa shape index (κ3) is 9.03. The van der Waals surface area contributed by atoms with E-state index >= 15 is 0 Å². The number of nitro benzene ring substituents is 1. The molecule has 1 atom stereocenters. The number of likely N-dealkylation sites (tertiary alicyclic amines) is 2. The van der Waals surface area contributed by atoms with E-state index in [9.17, 15) is 19.7 Å². The third-order valence-electron chi connectivity index (χ3n) is 8.37. The fourth-order valence-electron chi connectivity index (χ4n) is 5.91. The molecule has 2 heterocycles. The molecule has 2 amide bonds. The van der Waals surface area contributed by atoms with Crippen LogP contribution in [0.3, 0.4) is 0 Å². The van der Waals surface area contributed by atoms with Gasteiger partial charge in [-0.2, -0.15) is 0 Å². The number of ether oxygens (including phenoxy) is 2. The Morgan fingerprint density at radius 2 is 1.61 bits per heavy atom. The molecule has 0 unspecified atom stereocenters. The molecule has 0 aliphatic carbocycles. The number of hydrogen-bond donors (Lipinski definition) is 1. The van der Waals surface area contributed by atoms with E-state index in [0.29, 0.717) is 53.2 Å². The number of non-ortho nitro benzene ring substituents is 1. The predicted octanol–water partition coefficient (Wildman–Crippen LogP) is 7.14. The van der Waals surface area contributed by atoms with Gasteiger partial charge in [0, 0.05) is 53.3 Å². The highest BCUT2D eigenvalue weighted by molar-refractivity contribution is 6.35. The van der Waals surface area contributed by atoms with Crippen LogP contribution in [0.15, 0.2) is 60.7 Å². The minimum absolute atomic E-state index is 0.0982. The first kappa shape index (κ1) is 33.8. The van der Waals surface area contributed by atoms with E-state index in [1.165, 1.54) is 37.1 Å². The fraction of sp³-hybridized carbons (Fsp3) is 0.394. The molecule has 46 heavy (non-hydrogen) atoms. The zero-order chi connectivity index (χ0) is 32.6. The van der Waals surface area contributed by atoms with Gasteiger partial charge in [0.1, 0.15) is 24.1 Å². The van der Waals surface area contributed by atoms with E-state index < -0.39 is 17.1 Å². The Labute approximate surface area is 282 Å². The Balaban J connectivity index is 1.24. The van der Waals surface area contributed by atoms with Crippen LogP contribution in [-0.4, -0.2) is 72.1 Å². The lowest BCUT2D eigenvalue weighted by Crippen LogP contribution is -2.52. The van der Waals surface area contributed by atoms with Crippen molar-refractivity contribution in [3.05, 3.63) is 97.0 Å². The molecule has 10 nitrogen and oxygen atoms in total. The maximum atomic E-state index is 13.9. The average Bonchev–Trinajstić information content (AvgIpc) is 3.56. The van der Waals surface area contributed by atoms with Crippen LogP contribution in [0, 0.1) is 10.1 Å². The molecule has 0 aromatic heterocycles. The van der Waals surface area contributed by atoms with Crippen molar-refractivity contribution in [2.75, 3.05) is 39.3 Å². The summed E-state index contributed by atoms with van der Waals surface area (Å²) in [6, 6.07) is 14.8. The fourth-order valence-corrected chi connectivity index (χ4v) is 6.56. The molecule has 13 heteroatoms. The number of nitrogens with zero attached hydrogens (tertiary/aromatic N) is 3. The number of piperidine rings is 1. The largest absolute Gasteiger partial charge is 0.492 e. The number of carbonyl (C=O) groups is 2. The lowest BCUT2D eigenvalue weighted by molar-refractivity contribution is -0.384. The predicted molar refractivity (Wildman–Crippen MR) is 177 cm³/mol. The van der Waals surface area contributed by atoms with Gasteiger partial charge in [0.05, 0.1) is 4.92 Å². The summed E-state index contributed by atoms with van der Waals surface area (Å²) >= 11 is 18.8. The highest BCUT2D eigenvalue weighted by Crippen LogP contribution is 2.36. The van der Waals surface area contributed by atoms with E-state index in [1.54, 1.807) is 23.1 Å². The van der Waals surface area contributed by atoms with E-state index in [-0.39, 0.29) is 29.7 Å². The molecule has 0 saturated carbocycles. The first-order chi connectivity index (χ1) is 22.2. The molecule has 2 fully saturated rings. The summed E-state index contributed by atoms with van der Waals surface area (Å²) in [5.41, 5.74) is 1.57. The zero-order valence-electron chi connectivity index (χ0n) is 25.1. The molecule has 0 spiro atoms. The molecule has 3 aromatic rings. The smallest absolute Gasteiger partial charge is 0.413 e. The standard InChI is InChI=1S/C33H35Cl3N4O6/c34-24-4-3-23(29(36)20-24)19-30(37-33(42)46-27-8-6-26(7-9-27)40(43)44)32(41)39-15-11-22(12-16-39)28-10-5-25(35)21-31(28)45-18-17-38-13-1-2-14-38/h3-10,20-22,30H,1-2,11-19H2,(H,37,42)/t30-/m1/s1. The van der Waals surface area contributed by atoms with Crippen LogP contribution in [0.5, 0.6) is 11.5 Å². The van der Waals surface area contributed by atoms with Gasteiger partial charge in [-0.15, -0.1) is 0 Å². The van der Waals surface area contributed by atoms with Gasteiger partial charge in [0.15, 0.2) is 0 Å². The van der Waals surface area contributed by atoms with E-state index in [2.05, 4.69) is 10.2 Å². The topological polar surface area (TPSA) is 114 Å². The highest BCUT2D eigenvalue weighted by atomic mass is 35.5. The minimum atomic E-state index is -0.985. The minimum Gasteiger partial charge on any atom is -0.492 e. The molecular weight excluding hydrogens is 655 g/mol. The Morgan fingerprint density at radius 1 is 0.935 bits per heavy atom. The van der Waals surface area contributed by atoms with Gasteiger partial charge in [-0.25, -0.2) is 4.79 Å². The van der Waals surface area contributed by atoms with E-state index in [0.717, 1.165) is 30.9 Å². The average molecular weight is 690 g/mol. The van der Waals surface area contributed by atoms with Crippen LogP contribution in [0.2, 0.25) is 15.1 Å².